The Morgan fingerprint density at radius 2 is 2.04 bits per heavy atom. The van der Waals surface area contributed by atoms with Crippen molar-refractivity contribution < 1.29 is 4.79 Å². The van der Waals surface area contributed by atoms with Crippen molar-refractivity contribution in [3.8, 4) is 11.4 Å². The van der Waals surface area contributed by atoms with Crippen molar-refractivity contribution in [3.05, 3.63) is 66.2 Å². The molecule has 3 heterocycles. The number of likely N-dealkylation sites (tertiary alicyclic amines) is 1. The topological polar surface area (TPSA) is 74.8 Å². The minimum atomic E-state index is 0.0904. The summed E-state index contributed by atoms with van der Waals surface area (Å²) in [6, 6.07) is 13.5. The summed E-state index contributed by atoms with van der Waals surface area (Å²) in [5.41, 5.74) is 2.73. The van der Waals surface area contributed by atoms with Gasteiger partial charge in [0.2, 0.25) is 0 Å². The minimum Gasteiger partial charge on any atom is -0.338 e. The van der Waals surface area contributed by atoms with E-state index in [1.807, 2.05) is 53.6 Å². The molecule has 1 aliphatic rings. The first-order valence-corrected chi connectivity index (χ1v) is 8.44. The average molecular weight is 333 g/mol. The minimum absolute atomic E-state index is 0.0904. The van der Waals surface area contributed by atoms with Crippen LogP contribution in [0.5, 0.6) is 0 Å². The van der Waals surface area contributed by atoms with Crippen molar-refractivity contribution in [2.24, 2.45) is 5.92 Å². The third-order valence-corrected chi connectivity index (χ3v) is 4.62. The second kappa shape index (κ2) is 6.84. The lowest BCUT2D eigenvalue weighted by atomic mass is 10.0. The summed E-state index contributed by atoms with van der Waals surface area (Å²) >= 11 is 0. The first-order valence-electron chi connectivity index (χ1n) is 8.44. The zero-order valence-corrected chi connectivity index (χ0v) is 13.8. The highest BCUT2D eigenvalue weighted by Crippen LogP contribution is 2.23. The number of hydrogen-bond donors (Lipinski definition) is 1. The van der Waals surface area contributed by atoms with Crippen molar-refractivity contribution in [2.45, 2.75) is 12.8 Å². The van der Waals surface area contributed by atoms with Crippen molar-refractivity contribution in [1.82, 2.24) is 25.1 Å². The van der Waals surface area contributed by atoms with Crippen LogP contribution in [0.3, 0.4) is 0 Å². The van der Waals surface area contributed by atoms with Crippen LogP contribution in [0.15, 0.2) is 55.0 Å². The fourth-order valence-corrected chi connectivity index (χ4v) is 3.30. The first-order chi connectivity index (χ1) is 12.3. The maximum Gasteiger partial charge on any atom is 0.253 e. The molecule has 6 nitrogen and oxygen atoms in total. The van der Waals surface area contributed by atoms with Crippen LogP contribution in [0.2, 0.25) is 0 Å². The van der Waals surface area contributed by atoms with E-state index in [4.69, 9.17) is 0 Å². The van der Waals surface area contributed by atoms with E-state index in [9.17, 15) is 4.79 Å². The summed E-state index contributed by atoms with van der Waals surface area (Å²) in [6.45, 7) is 1.60. The van der Waals surface area contributed by atoms with Gasteiger partial charge in [-0.1, -0.05) is 18.2 Å². The molecule has 1 amide bonds. The maximum absolute atomic E-state index is 12.7. The fraction of sp³-hybridized carbons (Fsp3) is 0.263. The lowest BCUT2D eigenvalue weighted by Gasteiger charge is -2.16. The van der Waals surface area contributed by atoms with Gasteiger partial charge in [0, 0.05) is 36.1 Å². The van der Waals surface area contributed by atoms with Gasteiger partial charge in [-0.25, -0.2) is 4.98 Å². The SMILES string of the molecule is O=C(c1ccc(-c2ncn[nH]2)cc1)N1CCC(Cc2ccccn2)C1. The lowest BCUT2D eigenvalue weighted by Crippen LogP contribution is -2.28. The van der Waals surface area contributed by atoms with Crippen molar-refractivity contribution in [3.63, 3.8) is 0 Å². The van der Waals surface area contributed by atoms with Crippen LogP contribution in [0.25, 0.3) is 11.4 Å². The smallest absolute Gasteiger partial charge is 0.253 e. The number of H-pyrrole nitrogens is 1. The van der Waals surface area contributed by atoms with Crippen LogP contribution in [-0.4, -0.2) is 44.1 Å². The van der Waals surface area contributed by atoms with Gasteiger partial charge in [0.15, 0.2) is 5.82 Å². The van der Waals surface area contributed by atoms with Crippen molar-refractivity contribution >= 4 is 5.91 Å². The van der Waals surface area contributed by atoms with Gasteiger partial charge in [0.1, 0.15) is 6.33 Å². The number of rotatable bonds is 4. The van der Waals surface area contributed by atoms with Crippen LogP contribution in [0.4, 0.5) is 0 Å². The Morgan fingerprint density at radius 3 is 2.76 bits per heavy atom. The summed E-state index contributed by atoms with van der Waals surface area (Å²) in [5, 5.41) is 6.67. The molecule has 1 unspecified atom stereocenters. The molecule has 3 aromatic rings. The molecule has 0 spiro atoms. The average Bonchev–Trinajstić information content (AvgIpc) is 3.34. The molecule has 0 saturated carbocycles. The number of nitrogens with zero attached hydrogens (tertiary/aromatic N) is 4. The second-order valence-corrected chi connectivity index (χ2v) is 6.34. The monoisotopic (exact) mass is 333 g/mol. The molecular formula is C19H19N5O. The van der Waals surface area contributed by atoms with Gasteiger partial charge >= 0.3 is 0 Å². The van der Waals surface area contributed by atoms with Crippen molar-refractivity contribution in [1.29, 1.82) is 0 Å². The van der Waals surface area contributed by atoms with Crippen LogP contribution in [0, 0.1) is 5.92 Å². The highest BCUT2D eigenvalue weighted by Gasteiger charge is 2.27. The Hall–Kier alpha value is -3.02. The normalized spacial score (nSPS) is 17.0. The van der Waals surface area contributed by atoms with Crippen LogP contribution in [-0.2, 0) is 6.42 Å². The number of nitrogens with one attached hydrogen (secondary N) is 1. The van der Waals surface area contributed by atoms with Gasteiger partial charge < -0.3 is 4.90 Å². The predicted octanol–water partition coefficient (Wildman–Crippen LogP) is 2.57. The number of amides is 1. The van der Waals surface area contributed by atoms with Crippen LogP contribution < -0.4 is 0 Å². The van der Waals surface area contributed by atoms with Crippen LogP contribution in [0.1, 0.15) is 22.5 Å². The maximum atomic E-state index is 12.7. The van der Waals surface area contributed by atoms with Gasteiger partial charge in [0.25, 0.3) is 5.91 Å². The van der Waals surface area contributed by atoms with Gasteiger partial charge in [-0.3, -0.25) is 14.9 Å². The largest absolute Gasteiger partial charge is 0.338 e. The summed E-state index contributed by atoms with van der Waals surface area (Å²) in [5.74, 6) is 1.27. The zero-order valence-electron chi connectivity index (χ0n) is 13.8. The number of hydrogen-bond acceptors (Lipinski definition) is 4. The number of carbonyl (C=O) groups is 1. The first kappa shape index (κ1) is 15.5. The predicted molar refractivity (Wildman–Crippen MR) is 93.8 cm³/mol. The quantitative estimate of drug-likeness (QED) is 0.796. The molecule has 1 fully saturated rings. The van der Waals surface area contributed by atoms with Gasteiger partial charge in [-0.2, -0.15) is 5.10 Å². The van der Waals surface area contributed by atoms with E-state index in [1.54, 1.807) is 0 Å². The van der Waals surface area contributed by atoms with E-state index in [0.717, 1.165) is 37.2 Å². The summed E-state index contributed by atoms with van der Waals surface area (Å²) in [4.78, 5) is 23.2. The molecule has 0 bridgehead atoms. The van der Waals surface area contributed by atoms with E-state index in [0.29, 0.717) is 17.3 Å². The van der Waals surface area contributed by atoms with Crippen LogP contribution >= 0.6 is 0 Å². The summed E-state index contributed by atoms with van der Waals surface area (Å²) < 4.78 is 0. The number of pyridine rings is 1. The second-order valence-electron chi connectivity index (χ2n) is 6.34. The molecule has 1 saturated heterocycles. The standard InChI is InChI=1S/C19H19N5O/c25-19(16-6-4-15(5-7-16)18-21-13-22-23-18)24-10-8-14(12-24)11-17-3-1-2-9-20-17/h1-7,9,13-14H,8,10-12H2,(H,21,22,23). The number of carbonyl (C=O) groups excluding carboxylic acids is 1. The Balaban J connectivity index is 1.40. The molecule has 1 atom stereocenters. The fourth-order valence-electron chi connectivity index (χ4n) is 3.30. The molecule has 126 valence electrons. The molecule has 2 aromatic heterocycles. The van der Waals surface area contributed by atoms with E-state index >= 15 is 0 Å². The molecule has 0 radical (unpaired) electrons. The highest BCUT2D eigenvalue weighted by atomic mass is 16.2. The van der Waals surface area contributed by atoms with E-state index in [2.05, 4.69) is 20.2 Å². The Kier molecular flexibility index (Phi) is 4.24. The molecule has 0 aliphatic carbocycles. The molecule has 25 heavy (non-hydrogen) atoms. The highest BCUT2D eigenvalue weighted by molar-refractivity contribution is 5.94. The van der Waals surface area contributed by atoms with Gasteiger partial charge in [0.05, 0.1) is 0 Å². The van der Waals surface area contributed by atoms with Gasteiger partial charge in [-0.05, 0) is 43.0 Å². The summed E-state index contributed by atoms with van der Waals surface area (Å²) in [7, 11) is 0. The molecular weight excluding hydrogens is 314 g/mol. The Labute approximate surface area is 145 Å². The van der Waals surface area contributed by atoms with Gasteiger partial charge in [-0.15, -0.1) is 0 Å². The number of aromatic nitrogens is 4. The summed E-state index contributed by atoms with van der Waals surface area (Å²) in [6.07, 6.45) is 5.25. The Bertz CT molecular complexity index is 830. The molecule has 1 N–H and O–H groups in total. The van der Waals surface area contributed by atoms with E-state index in [-0.39, 0.29) is 5.91 Å². The van der Waals surface area contributed by atoms with Crippen molar-refractivity contribution in [2.75, 3.05) is 13.1 Å². The zero-order chi connectivity index (χ0) is 17.1. The lowest BCUT2D eigenvalue weighted by molar-refractivity contribution is 0.0787. The molecule has 4 rings (SSSR count). The third kappa shape index (κ3) is 3.42. The molecule has 6 heteroatoms. The number of aromatic amines is 1. The van der Waals surface area contributed by atoms with E-state index < -0.39 is 0 Å². The number of benzene rings is 1. The Morgan fingerprint density at radius 1 is 1.16 bits per heavy atom. The van der Waals surface area contributed by atoms with E-state index in [1.165, 1.54) is 6.33 Å². The molecule has 1 aromatic carbocycles. The third-order valence-electron chi connectivity index (χ3n) is 4.62. The molecule has 1 aliphatic heterocycles.